The van der Waals surface area contributed by atoms with Gasteiger partial charge < -0.3 is 14.7 Å². The number of nitrogens with zero attached hydrogens (tertiary/aromatic N) is 4. The van der Waals surface area contributed by atoms with Crippen molar-refractivity contribution in [3.63, 3.8) is 0 Å². The van der Waals surface area contributed by atoms with Crippen LogP contribution in [0.5, 0.6) is 0 Å². The monoisotopic (exact) mass is 418 g/mol. The lowest BCUT2D eigenvalue weighted by molar-refractivity contribution is -0.154. The highest BCUT2D eigenvalue weighted by atomic mass is 16.5. The SMILES string of the molecule is Cc1cc(C)n(CC(=O)N2C[C@H]3O[C@@]4(CN(CCC(C)C)C[C@@H]4[C@@H]3CO)C2)c(=O)n1. The Hall–Kier alpha value is -1.77. The summed E-state index contributed by atoms with van der Waals surface area (Å²) >= 11 is 0. The highest BCUT2D eigenvalue weighted by molar-refractivity contribution is 5.76. The largest absolute Gasteiger partial charge is 0.396 e. The molecule has 1 N–H and O–H groups in total. The zero-order chi connectivity index (χ0) is 21.6. The Balaban J connectivity index is 1.51. The molecule has 1 aromatic rings. The van der Waals surface area contributed by atoms with Crippen LogP contribution in [0.4, 0.5) is 0 Å². The molecular formula is C22H34N4O4. The van der Waals surface area contributed by atoms with Crippen molar-refractivity contribution in [1.29, 1.82) is 0 Å². The third-order valence-electron chi connectivity index (χ3n) is 7.09. The van der Waals surface area contributed by atoms with Crippen LogP contribution in [0.1, 0.15) is 31.7 Å². The zero-order valence-electron chi connectivity index (χ0n) is 18.5. The number of hydrogen-bond donors (Lipinski definition) is 1. The summed E-state index contributed by atoms with van der Waals surface area (Å²) in [5, 5.41) is 10.1. The Kier molecular flexibility index (Phi) is 5.76. The first kappa shape index (κ1) is 21.5. The number of carbonyl (C=O) groups is 1. The Labute approximate surface area is 177 Å². The van der Waals surface area contributed by atoms with Crippen molar-refractivity contribution >= 4 is 5.91 Å². The predicted octanol–water partition coefficient (Wildman–Crippen LogP) is 0.426. The van der Waals surface area contributed by atoms with Crippen molar-refractivity contribution in [2.24, 2.45) is 17.8 Å². The zero-order valence-corrected chi connectivity index (χ0v) is 18.5. The molecule has 30 heavy (non-hydrogen) atoms. The lowest BCUT2D eigenvalue weighted by atomic mass is 9.83. The van der Waals surface area contributed by atoms with E-state index in [0.717, 1.165) is 31.7 Å². The molecule has 166 valence electrons. The summed E-state index contributed by atoms with van der Waals surface area (Å²) in [7, 11) is 0. The topological polar surface area (TPSA) is 87.9 Å². The number of carbonyl (C=O) groups excluding carboxylic acids is 1. The van der Waals surface area contributed by atoms with Crippen molar-refractivity contribution in [2.45, 2.75) is 52.4 Å². The number of aryl methyl sites for hydroxylation is 2. The number of aliphatic hydroxyl groups is 1. The molecule has 8 nitrogen and oxygen atoms in total. The molecular weight excluding hydrogens is 384 g/mol. The van der Waals surface area contributed by atoms with E-state index >= 15 is 0 Å². The summed E-state index contributed by atoms with van der Waals surface area (Å²) in [6, 6.07) is 1.82. The maximum atomic E-state index is 13.2. The maximum Gasteiger partial charge on any atom is 0.348 e. The molecule has 4 rings (SSSR count). The fourth-order valence-corrected chi connectivity index (χ4v) is 5.53. The van der Waals surface area contributed by atoms with Gasteiger partial charge >= 0.3 is 5.69 Å². The predicted molar refractivity (Wildman–Crippen MR) is 112 cm³/mol. The van der Waals surface area contributed by atoms with Crippen LogP contribution < -0.4 is 5.69 Å². The number of fused-ring (bicyclic) bond motifs is 1. The summed E-state index contributed by atoms with van der Waals surface area (Å²) in [5.41, 5.74) is 0.601. The van der Waals surface area contributed by atoms with Crippen molar-refractivity contribution in [1.82, 2.24) is 19.4 Å². The van der Waals surface area contributed by atoms with Crippen LogP contribution in [-0.2, 0) is 16.1 Å². The molecule has 3 aliphatic rings. The van der Waals surface area contributed by atoms with E-state index < -0.39 is 5.60 Å². The second kappa shape index (κ2) is 8.05. The number of aliphatic hydroxyl groups excluding tert-OH is 1. The van der Waals surface area contributed by atoms with E-state index in [2.05, 4.69) is 23.7 Å². The molecule has 4 atom stereocenters. The van der Waals surface area contributed by atoms with Crippen LogP contribution >= 0.6 is 0 Å². The molecule has 8 heteroatoms. The second-order valence-electron chi connectivity index (χ2n) is 9.77. The van der Waals surface area contributed by atoms with Crippen molar-refractivity contribution in [2.75, 3.05) is 39.3 Å². The first-order valence-electron chi connectivity index (χ1n) is 11.1. The Morgan fingerprint density at radius 1 is 1.33 bits per heavy atom. The van der Waals surface area contributed by atoms with Crippen LogP contribution in [0, 0.1) is 31.6 Å². The van der Waals surface area contributed by atoms with E-state index in [4.69, 9.17) is 4.74 Å². The molecule has 3 fully saturated rings. The van der Waals surface area contributed by atoms with Crippen LogP contribution in [0.2, 0.25) is 0 Å². The van der Waals surface area contributed by atoms with Gasteiger partial charge in [-0.3, -0.25) is 14.3 Å². The van der Waals surface area contributed by atoms with Gasteiger partial charge in [0.2, 0.25) is 5.91 Å². The minimum Gasteiger partial charge on any atom is -0.396 e. The Morgan fingerprint density at radius 3 is 2.77 bits per heavy atom. The average Bonchev–Trinajstić information content (AvgIpc) is 3.09. The van der Waals surface area contributed by atoms with Gasteiger partial charge in [-0.05, 0) is 38.8 Å². The standard InChI is InChI=1S/C22H34N4O4/c1-14(2)5-6-24-8-18-17(11-27)19-9-25(13-22(18,12-24)30-19)20(28)10-26-16(4)7-15(3)23-21(26)29/h7,14,17-19,27H,5-6,8-13H2,1-4H3/t17-,18+,19+,22-/m0/s1. The van der Waals surface area contributed by atoms with Crippen molar-refractivity contribution in [3.05, 3.63) is 27.9 Å². The molecule has 0 radical (unpaired) electrons. The lowest BCUT2D eigenvalue weighted by Crippen LogP contribution is -2.56. The van der Waals surface area contributed by atoms with E-state index in [0.29, 0.717) is 24.7 Å². The van der Waals surface area contributed by atoms with E-state index in [1.165, 1.54) is 4.57 Å². The third kappa shape index (κ3) is 3.81. The smallest absolute Gasteiger partial charge is 0.348 e. The number of rotatable bonds is 6. The van der Waals surface area contributed by atoms with Gasteiger partial charge in [0.15, 0.2) is 0 Å². The highest BCUT2D eigenvalue weighted by Gasteiger charge is 2.62. The molecule has 4 heterocycles. The summed E-state index contributed by atoms with van der Waals surface area (Å²) in [6.07, 6.45) is 0.986. The Morgan fingerprint density at radius 2 is 2.10 bits per heavy atom. The fraction of sp³-hybridized carbons (Fsp3) is 0.773. The first-order valence-corrected chi connectivity index (χ1v) is 11.1. The number of likely N-dealkylation sites (tertiary alicyclic amines) is 2. The summed E-state index contributed by atoms with van der Waals surface area (Å²) in [4.78, 5) is 33.7. The van der Waals surface area contributed by atoms with E-state index in [1.807, 2.05) is 17.9 Å². The molecule has 3 aliphatic heterocycles. The van der Waals surface area contributed by atoms with Crippen LogP contribution in [-0.4, -0.2) is 81.4 Å². The first-order chi connectivity index (χ1) is 14.2. The quantitative estimate of drug-likeness (QED) is 0.721. The molecule has 1 aromatic heterocycles. The summed E-state index contributed by atoms with van der Waals surface area (Å²) < 4.78 is 7.91. The molecule has 0 unspecified atom stereocenters. The average molecular weight is 419 g/mol. The van der Waals surface area contributed by atoms with Crippen LogP contribution in [0.15, 0.2) is 10.9 Å². The third-order valence-corrected chi connectivity index (χ3v) is 7.09. The molecule has 1 spiro atoms. The lowest BCUT2D eigenvalue weighted by Gasteiger charge is -2.40. The minimum absolute atomic E-state index is 0.00767. The number of aromatic nitrogens is 2. The fourth-order valence-electron chi connectivity index (χ4n) is 5.53. The van der Waals surface area contributed by atoms with Crippen LogP contribution in [0.25, 0.3) is 0 Å². The number of hydrogen-bond acceptors (Lipinski definition) is 6. The van der Waals surface area contributed by atoms with E-state index in [9.17, 15) is 14.7 Å². The van der Waals surface area contributed by atoms with Gasteiger partial charge in [0.1, 0.15) is 12.1 Å². The summed E-state index contributed by atoms with van der Waals surface area (Å²) in [5.74, 6) is 0.844. The number of amides is 1. The van der Waals surface area contributed by atoms with E-state index in [-0.39, 0.29) is 42.7 Å². The van der Waals surface area contributed by atoms with Crippen LogP contribution in [0.3, 0.4) is 0 Å². The van der Waals surface area contributed by atoms with Gasteiger partial charge in [-0.2, -0.15) is 4.98 Å². The molecule has 3 saturated heterocycles. The Bertz CT molecular complexity index is 869. The number of ether oxygens (including phenoxy) is 1. The maximum absolute atomic E-state index is 13.2. The van der Waals surface area contributed by atoms with Gasteiger partial charge in [0.05, 0.1) is 12.6 Å². The molecule has 0 saturated carbocycles. The normalized spacial score (nSPS) is 30.9. The summed E-state index contributed by atoms with van der Waals surface area (Å²) in [6.45, 7) is 11.8. The van der Waals surface area contributed by atoms with Gasteiger partial charge in [-0.25, -0.2) is 4.79 Å². The van der Waals surface area contributed by atoms with Gasteiger partial charge in [0.25, 0.3) is 0 Å². The van der Waals surface area contributed by atoms with Gasteiger partial charge in [0, 0.05) is 49.5 Å². The molecule has 1 amide bonds. The number of morpholine rings is 1. The van der Waals surface area contributed by atoms with Gasteiger partial charge in [-0.15, -0.1) is 0 Å². The molecule has 0 aliphatic carbocycles. The second-order valence-corrected chi connectivity index (χ2v) is 9.77. The van der Waals surface area contributed by atoms with Gasteiger partial charge in [-0.1, -0.05) is 13.8 Å². The minimum atomic E-state index is -0.408. The van der Waals surface area contributed by atoms with Crippen molar-refractivity contribution < 1.29 is 14.6 Å². The van der Waals surface area contributed by atoms with Crippen molar-refractivity contribution in [3.8, 4) is 0 Å². The highest BCUT2D eigenvalue weighted by Crippen LogP contribution is 2.49. The molecule has 0 aromatic carbocycles. The van der Waals surface area contributed by atoms with E-state index in [1.54, 1.807) is 6.92 Å². The molecule has 2 bridgehead atoms.